The van der Waals surface area contributed by atoms with E-state index in [0.717, 1.165) is 0 Å². The van der Waals surface area contributed by atoms with Crippen LogP contribution in [0.4, 0.5) is 0 Å². The predicted molar refractivity (Wildman–Crippen MR) is 76.4 cm³/mol. The Morgan fingerprint density at radius 2 is 1.95 bits per heavy atom. The van der Waals surface area contributed by atoms with Gasteiger partial charge in [0.05, 0.1) is 24.8 Å². The van der Waals surface area contributed by atoms with Crippen LogP contribution in [0.5, 0.6) is 0 Å². The summed E-state index contributed by atoms with van der Waals surface area (Å²) in [7, 11) is 1.31. The predicted octanol–water partition coefficient (Wildman–Crippen LogP) is 1.44. The van der Waals surface area contributed by atoms with Crippen molar-refractivity contribution >= 4 is 11.9 Å². The maximum absolute atomic E-state index is 12.2. The molecule has 0 atom stereocenters. The van der Waals surface area contributed by atoms with Crippen LogP contribution in [0.2, 0.25) is 0 Å². The molecule has 0 unspecified atom stereocenters. The van der Waals surface area contributed by atoms with E-state index in [2.05, 4.69) is 20.0 Å². The van der Waals surface area contributed by atoms with Crippen molar-refractivity contribution in [2.24, 2.45) is 0 Å². The molecule has 0 fully saturated rings. The molecule has 0 aliphatic rings. The molecule has 0 bridgehead atoms. The molecule has 1 N–H and O–H groups in total. The molecule has 6 heteroatoms. The zero-order chi connectivity index (χ0) is 15.1. The molecule has 0 saturated heterocycles. The van der Waals surface area contributed by atoms with Gasteiger partial charge in [0.1, 0.15) is 5.69 Å². The number of methoxy groups -OCH3 is 1. The van der Waals surface area contributed by atoms with Crippen molar-refractivity contribution < 1.29 is 14.3 Å². The topological polar surface area (TPSA) is 81.2 Å². The number of hydrogen-bond acceptors (Lipinski definition) is 5. The lowest BCUT2D eigenvalue weighted by atomic mass is 10.1. The quantitative estimate of drug-likeness (QED) is 0.841. The van der Waals surface area contributed by atoms with Gasteiger partial charge in [-0.15, -0.1) is 0 Å². The Labute approximate surface area is 122 Å². The first-order valence-electron chi connectivity index (χ1n) is 6.44. The van der Waals surface area contributed by atoms with Crippen LogP contribution in [-0.2, 0) is 9.53 Å². The summed E-state index contributed by atoms with van der Waals surface area (Å²) in [5.74, 6) is -0.668. The van der Waals surface area contributed by atoms with Gasteiger partial charge in [-0.05, 0) is 24.3 Å². The summed E-state index contributed by atoms with van der Waals surface area (Å²) < 4.78 is 4.52. The van der Waals surface area contributed by atoms with Gasteiger partial charge in [-0.25, -0.2) is 0 Å². The van der Waals surface area contributed by atoms with Gasteiger partial charge < -0.3 is 10.1 Å². The van der Waals surface area contributed by atoms with Crippen LogP contribution in [-0.4, -0.2) is 35.5 Å². The van der Waals surface area contributed by atoms with Crippen molar-refractivity contribution in [3.05, 3.63) is 48.3 Å². The summed E-state index contributed by atoms with van der Waals surface area (Å²) in [6.45, 7) is 0.210. The Kier molecular flexibility index (Phi) is 4.98. The summed E-state index contributed by atoms with van der Waals surface area (Å²) in [6, 6.07) is 8.76. The van der Waals surface area contributed by atoms with E-state index in [-0.39, 0.29) is 24.8 Å². The number of carbonyl (C=O) groups excluding carboxylic acids is 2. The second-order valence-electron chi connectivity index (χ2n) is 4.20. The molecule has 2 rings (SSSR count). The third kappa shape index (κ3) is 3.85. The van der Waals surface area contributed by atoms with Crippen LogP contribution < -0.4 is 5.32 Å². The standard InChI is InChI=1S/C15H15N3O3/c1-21-13(19)7-10-18-15(20)11-5-4-9-17-14(11)12-6-2-3-8-16-12/h2-6,8-9H,7,10H2,1H3,(H,18,20). The van der Waals surface area contributed by atoms with E-state index < -0.39 is 0 Å². The minimum atomic E-state index is -0.369. The molecule has 0 aliphatic carbocycles. The minimum absolute atomic E-state index is 0.126. The Morgan fingerprint density at radius 3 is 2.67 bits per heavy atom. The highest BCUT2D eigenvalue weighted by Gasteiger charge is 2.14. The van der Waals surface area contributed by atoms with E-state index in [9.17, 15) is 9.59 Å². The Morgan fingerprint density at radius 1 is 1.14 bits per heavy atom. The van der Waals surface area contributed by atoms with Crippen molar-refractivity contribution in [3.63, 3.8) is 0 Å². The van der Waals surface area contributed by atoms with Crippen molar-refractivity contribution in [3.8, 4) is 11.4 Å². The summed E-state index contributed by atoms with van der Waals surface area (Å²) in [5.41, 5.74) is 1.55. The SMILES string of the molecule is COC(=O)CCNC(=O)c1cccnc1-c1ccccn1. The zero-order valence-corrected chi connectivity index (χ0v) is 11.6. The molecule has 108 valence electrons. The number of esters is 1. The summed E-state index contributed by atoms with van der Waals surface area (Å²) >= 11 is 0. The highest BCUT2D eigenvalue weighted by Crippen LogP contribution is 2.18. The normalized spacial score (nSPS) is 9.95. The van der Waals surface area contributed by atoms with Gasteiger partial charge in [0, 0.05) is 18.9 Å². The fourth-order valence-electron chi connectivity index (χ4n) is 1.77. The Balaban J connectivity index is 2.13. The minimum Gasteiger partial charge on any atom is -0.469 e. The molecule has 0 aliphatic heterocycles. The smallest absolute Gasteiger partial charge is 0.307 e. The number of nitrogens with zero attached hydrogens (tertiary/aromatic N) is 2. The van der Waals surface area contributed by atoms with Crippen LogP contribution in [0.3, 0.4) is 0 Å². The van der Waals surface area contributed by atoms with E-state index in [0.29, 0.717) is 17.0 Å². The number of hydrogen-bond donors (Lipinski definition) is 1. The van der Waals surface area contributed by atoms with Gasteiger partial charge in [-0.3, -0.25) is 19.6 Å². The first kappa shape index (κ1) is 14.6. The molecule has 1 amide bonds. The Hall–Kier alpha value is -2.76. The number of pyridine rings is 2. The number of ether oxygens (including phenoxy) is 1. The van der Waals surface area contributed by atoms with E-state index in [1.807, 2.05) is 6.07 Å². The fraction of sp³-hybridized carbons (Fsp3) is 0.200. The van der Waals surface area contributed by atoms with Crippen LogP contribution in [0.1, 0.15) is 16.8 Å². The average molecular weight is 285 g/mol. The first-order valence-corrected chi connectivity index (χ1v) is 6.44. The lowest BCUT2D eigenvalue weighted by Crippen LogP contribution is -2.27. The van der Waals surface area contributed by atoms with E-state index in [1.165, 1.54) is 7.11 Å². The van der Waals surface area contributed by atoms with Crippen molar-refractivity contribution in [1.82, 2.24) is 15.3 Å². The third-order valence-electron chi connectivity index (χ3n) is 2.80. The van der Waals surface area contributed by atoms with E-state index in [1.54, 1.807) is 36.7 Å². The third-order valence-corrected chi connectivity index (χ3v) is 2.80. The number of carbonyl (C=O) groups is 2. The number of aromatic nitrogens is 2. The van der Waals surface area contributed by atoms with E-state index >= 15 is 0 Å². The molecule has 2 aromatic rings. The zero-order valence-electron chi connectivity index (χ0n) is 11.6. The highest BCUT2D eigenvalue weighted by molar-refractivity contribution is 5.99. The summed E-state index contributed by atoms with van der Waals surface area (Å²) in [5, 5.41) is 2.67. The van der Waals surface area contributed by atoms with Crippen LogP contribution >= 0.6 is 0 Å². The highest BCUT2D eigenvalue weighted by atomic mass is 16.5. The second kappa shape index (κ2) is 7.14. The van der Waals surface area contributed by atoms with E-state index in [4.69, 9.17) is 0 Å². The molecule has 0 aromatic carbocycles. The molecular formula is C15H15N3O3. The van der Waals surface area contributed by atoms with Crippen molar-refractivity contribution in [1.29, 1.82) is 0 Å². The Bertz CT molecular complexity index is 629. The summed E-state index contributed by atoms with van der Waals surface area (Å²) in [6.07, 6.45) is 3.37. The number of rotatable bonds is 5. The first-order chi connectivity index (χ1) is 10.2. The molecule has 21 heavy (non-hydrogen) atoms. The van der Waals surface area contributed by atoms with Crippen molar-refractivity contribution in [2.75, 3.05) is 13.7 Å². The van der Waals surface area contributed by atoms with Gasteiger partial charge in [0.2, 0.25) is 0 Å². The maximum atomic E-state index is 12.2. The molecule has 0 saturated carbocycles. The van der Waals surface area contributed by atoms with Gasteiger partial charge >= 0.3 is 5.97 Å². The lowest BCUT2D eigenvalue weighted by molar-refractivity contribution is -0.140. The average Bonchev–Trinajstić information content (AvgIpc) is 2.55. The number of nitrogens with one attached hydrogen (secondary N) is 1. The summed E-state index contributed by atoms with van der Waals surface area (Å²) in [4.78, 5) is 31.6. The molecule has 2 aromatic heterocycles. The van der Waals surface area contributed by atoms with Gasteiger partial charge in [0.15, 0.2) is 0 Å². The van der Waals surface area contributed by atoms with Gasteiger partial charge in [-0.1, -0.05) is 6.07 Å². The van der Waals surface area contributed by atoms with Crippen molar-refractivity contribution in [2.45, 2.75) is 6.42 Å². The molecule has 2 heterocycles. The largest absolute Gasteiger partial charge is 0.469 e. The van der Waals surface area contributed by atoms with Crippen LogP contribution in [0, 0.1) is 0 Å². The van der Waals surface area contributed by atoms with Gasteiger partial charge in [-0.2, -0.15) is 0 Å². The monoisotopic (exact) mass is 285 g/mol. The number of amides is 1. The molecular weight excluding hydrogens is 270 g/mol. The fourth-order valence-corrected chi connectivity index (χ4v) is 1.77. The van der Waals surface area contributed by atoms with Crippen LogP contribution in [0.25, 0.3) is 11.4 Å². The second-order valence-corrected chi connectivity index (χ2v) is 4.20. The lowest BCUT2D eigenvalue weighted by Gasteiger charge is -2.08. The molecule has 0 radical (unpaired) electrons. The van der Waals surface area contributed by atoms with Crippen LogP contribution in [0.15, 0.2) is 42.7 Å². The van der Waals surface area contributed by atoms with Gasteiger partial charge in [0.25, 0.3) is 5.91 Å². The molecule has 6 nitrogen and oxygen atoms in total. The molecule has 0 spiro atoms. The maximum Gasteiger partial charge on any atom is 0.307 e.